The first-order valence-electron chi connectivity index (χ1n) is 8.04. The number of rotatable bonds is 8. The highest BCUT2D eigenvalue weighted by atomic mass is 35.5. The van der Waals surface area contributed by atoms with Crippen LogP contribution in [0.4, 0.5) is 5.69 Å². The maximum Gasteiger partial charge on any atom is 0.306 e. The van der Waals surface area contributed by atoms with Gasteiger partial charge in [0.25, 0.3) is 5.91 Å². The van der Waals surface area contributed by atoms with Crippen molar-refractivity contribution in [1.82, 2.24) is 0 Å². The molecule has 6 nitrogen and oxygen atoms in total. The van der Waals surface area contributed by atoms with Crippen LogP contribution in [0.15, 0.2) is 36.4 Å². The summed E-state index contributed by atoms with van der Waals surface area (Å²) >= 11 is 11.8. The van der Waals surface area contributed by atoms with E-state index >= 15 is 0 Å². The molecular weight excluding hydrogens is 393 g/mol. The molecule has 0 aromatic heterocycles. The molecule has 0 atom stereocenters. The smallest absolute Gasteiger partial charge is 0.306 e. The van der Waals surface area contributed by atoms with Crippen LogP contribution in [0.3, 0.4) is 0 Å². The number of esters is 1. The molecule has 0 heterocycles. The summed E-state index contributed by atoms with van der Waals surface area (Å²) in [5.41, 5.74) is 1.25. The van der Waals surface area contributed by atoms with Crippen molar-refractivity contribution in [3.63, 3.8) is 0 Å². The van der Waals surface area contributed by atoms with E-state index in [-0.39, 0.29) is 6.42 Å². The number of ether oxygens (including phenoxy) is 3. The molecule has 8 heteroatoms. The average Bonchev–Trinajstić information content (AvgIpc) is 2.67. The molecule has 0 fully saturated rings. The fourth-order valence-corrected chi connectivity index (χ4v) is 2.62. The molecular formula is C19H19Cl2NO5. The lowest BCUT2D eigenvalue weighted by Gasteiger charge is -2.10. The number of carbonyl (C=O) groups is 2. The Bertz CT molecular complexity index is 826. The van der Waals surface area contributed by atoms with Gasteiger partial charge in [0, 0.05) is 11.4 Å². The second-order valence-electron chi connectivity index (χ2n) is 5.52. The highest BCUT2D eigenvalue weighted by Gasteiger charge is 2.11. The van der Waals surface area contributed by atoms with Crippen LogP contribution < -0.4 is 14.8 Å². The van der Waals surface area contributed by atoms with Crippen molar-refractivity contribution in [3.8, 4) is 11.5 Å². The van der Waals surface area contributed by atoms with Crippen LogP contribution in [0.25, 0.3) is 0 Å². The zero-order valence-electron chi connectivity index (χ0n) is 14.9. The first-order chi connectivity index (χ1) is 12.9. The Morgan fingerprint density at radius 3 is 2.44 bits per heavy atom. The van der Waals surface area contributed by atoms with Gasteiger partial charge in [0.1, 0.15) is 0 Å². The Morgan fingerprint density at radius 2 is 1.74 bits per heavy atom. The van der Waals surface area contributed by atoms with Crippen LogP contribution in [0.2, 0.25) is 10.0 Å². The minimum absolute atomic E-state index is 0.126. The highest BCUT2D eigenvalue weighted by molar-refractivity contribution is 6.35. The Labute approximate surface area is 167 Å². The fraction of sp³-hybridized carbons (Fsp3) is 0.263. The summed E-state index contributed by atoms with van der Waals surface area (Å²) in [6.45, 7) is -0.409. The number of amides is 1. The monoisotopic (exact) mass is 411 g/mol. The third-order valence-electron chi connectivity index (χ3n) is 3.63. The number of nitrogens with one attached hydrogen (secondary N) is 1. The standard InChI is InChI=1S/C19H19Cl2NO5/c1-25-16-7-3-12(9-17(16)26-2)4-8-19(24)27-11-18(23)22-15-10-13(20)5-6-14(15)21/h3,5-7,9-10H,4,8,11H2,1-2H3,(H,22,23). The van der Waals surface area contributed by atoms with Crippen LogP contribution in [0, 0.1) is 0 Å². The van der Waals surface area contributed by atoms with E-state index < -0.39 is 18.5 Å². The highest BCUT2D eigenvalue weighted by Crippen LogP contribution is 2.28. The van der Waals surface area contributed by atoms with E-state index in [9.17, 15) is 9.59 Å². The van der Waals surface area contributed by atoms with Gasteiger partial charge in [-0.1, -0.05) is 29.3 Å². The normalized spacial score (nSPS) is 10.2. The molecule has 2 rings (SSSR count). The van der Waals surface area contributed by atoms with E-state index in [0.29, 0.717) is 33.7 Å². The van der Waals surface area contributed by atoms with E-state index in [2.05, 4.69) is 5.32 Å². The van der Waals surface area contributed by atoms with Crippen molar-refractivity contribution < 1.29 is 23.8 Å². The summed E-state index contributed by atoms with van der Waals surface area (Å²) in [7, 11) is 3.09. The second kappa shape index (κ2) is 10.0. The Balaban J connectivity index is 1.80. The Kier molecular flexibility index (Phi) is 7.76. The van der Waals surface area contributed by atoms with E-state index in [1.165, 1.54) is 6.07 Å². The van der Waals surface area contributed by atoms with Gasteiger partial charge in [-0.15, -0.1) is 0 Å². The zero-order valence-corrected chi connectivity index (χ0v) is 16.4. The molecule has 1 amide bonds. The third-order valence-corrected chi connectivity index (χ3v) is 4.20. The van der Waals surface area contributed by atoms with Gasteiger partial charge in [-0.2, -0.15) is 0 Å². The lowest BCUT2D eigenvalue weighted by Crippen LogP contribution is -2.21. The molecule has 0 radical (unpaired) electrons. The molecule has 27 heavy (non-hydrogen) atoms. The summed E-state index contributed by atoms with van der Waals surface area (Å²) in [6, 6.07) is 10.1. The lowest BCUT2D eigenvalue weighted by molar-refractivity contribution is -0.147. The van der Waals surface area contributed by atoms with Gasteiger partial charge < -0.3 is 19.5 Å². The van der Waals surface area contributed by atoms with Gasteiger partial charge in [0.2, 0.25) is 0 Å². The quantitative estimate of drug-likeness (QED) is 0.661. The molecule has 0 bridgehead atoms. The topological polar surface area (TPSA) is 73.9 Å². The fourth-order valence-electron chi connectivity index (χ4n) is 2.28. The maximum atomic E-state index is 11.9. The van der Waals surface area contributed by atoms with E-state index in [1.807, 2.05) is 6.07 Å². The predicted octanol–water partition coefficient (Wildman–Crippen LogP) is 4.13. The summed E-state index contributed by atoms with van der Waals surface area (Å²) in [4.78, 5) is 23.8. The molecule has 0 spiro atoms. The number of methoxy groups -OCH3 is 2. The van der Waals surface area contributed by atoms with Crippen LogP contribution in [0.1, 0.15) is 12.0 Å². The molecule has 0 aliphatic heterocycles. The van der Waals surface area contributed by atoms with Crippen LogP contribution in [0.5, 0.6) is 11.5 Å². The Morgan fingerprint density at radius 1 is 1.00 bits per heavy atom. The van der Waals surface area contributed by atoms with Gasteiger partial charge in [-0.05, 0) is 42.3 Å². The molecule has 0 aliphatic carbocycles. The summed E-state index contributed by atoms with van der Waals surface area (Å²) in [6.07, 6.45) is 0.571. The lowest BCUT2D eigenvalue weighted by atomic mass is 10.1. The van der Waals surface area contributed by atoms with Crippen molar-refractivity contribution in [2.45, 2.75) is 12.8 Å². The third kappa shape index (κ3) is 6.34. The zero-order chi connectivity index (χ0) is 19.8. The molecule has 2 aromatic rings. The van der Waals surface area contributed by atoms with E-state index in [4.69, 9.17) is 37.4 Å². The number of hydrogen-bond donors (Lipinski definition) is 1. The summed E-state index contributed by atoms with van der Waals surface area (Å²) in [5.74, 6) is 0.206. The maximum absolute atomic E-state index is 11.9. The van der Waals surface area contributed by atoms with Crippen LogP contribution in [-0.4, -0.2) is 32.7 Å². The van der Waals surface area contributed by atoms with Crippen molar-refractivity contribution in [2.75, 3.05) is 26.1 Å². The molecule has 2 aromatic carbocycles. The Hall–Kier alpha value is -2.44. The number of benzene rings is 2. The molecule has 1 N–H and O–H groups in total. The molecule has 0 aliphatic rings. The minimum Gasteiger partial charge on any atom is -0.493 e. The van der Waals surface area contributed by atoms with Gasteiger partial charge >= 0.3 is 5.97 Å². The molecule has 0 unspecified atom stereocenters. The van der Waals surface area contributed by atoms with Crippen molar-refractivity contribution >= 4 is 40.8 Å². The van der Waals surface area contributed by atoms with Crippen LogP contribution >= 0.6 is 23.2 Å². The SMILES string of the molecule is COc1ccc(CCC(=O)OCC(=O)Nc2cc(Cl)ccc2Cl)cc1OC. The number of carbonyl (C=O) groups excluding carboxylic acids is 2. The molecule has 144 valence electrons. The van der Waals surface area contributed by atoms with Crippen molar-refractivity contribution in [2.24, 2.45) is 0 Å². The molecule has 0 saturated carbocycles. The van der Waals surface area contributed by atoms with Crippen molar-refractivity contribution in [1.29, 1.82) is 0 Å². The first-order valence-corrected chi connectivity index (χ1v) is 8.80. The summed E-state index contributed by atoms with van der Waals surface area (Å²) in [5, 5.41) is 3.32. The van der Waals surface area contributed by atoms with Crippen molar-refractivity contribution in [3.05, 3.63) is 52.0 Å². The number of hydrogen-bond acceptors (Lipinski definition) is 5. The summed E-state index contributed by atoms with van der Waals surface area (Å²) < 4.78 is 15.4. The van der Waals surface area contributed by atoms with Gasteiger partial charge in [0.15, 0.2) is 18.1 Å². The van der Waals surface area contributed by atoms with Gasteiger partial charge in [0.05, 0.1) is 24.9 Å². The number of halogens is 2. The second-order valence-corrected chi connectivity index (χ2v) is 6.37. The average molecular weight is 412 g/mol. The van der Waals surface area contributed by atoms with Gasteiger partial charge in [-0.3, -0.25) is 9.59 Å². The van der Waals surface area contributed by atoms with Gasteiger partial charge in [-0.25, -0.2) is 0 Å². The largest absolute Gasteiger partial charge is 0.493 e. The van der Waals surface area contributed by atoms with E-state index in [0.717, 1.165) is 5.56 Å². The van der Waals surface area contributed by atoms with E-state index in [1.54, 1.807) is 38.5 Å². The first kappa shape index (κ1) is 20.9. The minimum atomic E-state index is -0.501. The number of anilines is 1. The van der Waals surface area contributed by atoms with Crippen LogP contribution in [-0.2, 0) is 20.7 Å². The molecule has 0 saturated heterocycles. The predicted molar refractivity (Wildman–Crippen MR) is 104 cm³/mol. The number of aryl methyl sites for hydroxylation is 1.